The van der Waals surface area contributed by atoms with Gasteiger partial charge < -0.3 is 10.1 Å². The van der Waals surface area contributed by atoms with Crippen LogP contribution in [0.2, 0.25) is 0 Å². The number of rotatable bonds is 6. The molecule has 0 atom stereocenters. The molecule has 0 aromatic heterocycles. The highest BCUT2D eigenvalue weighted by molar-refractivity contribution is 9.10. The van der Waals surface area contributed by atoms with Crippen molar-refractivity contribution in [2.24, 2.45) is 0 Å². The van der Waals surface area contributed by atoms with E-state index in [1.54, 1.807) is 0 Å². The summed E-state index contributed by atoms with van der Waals surface area (Å²) < 4.78 is 6.94. The van der Waals surface area contributed by atoms with Crippen LogP contribution in [-0.2, 0) is 0 Å². The lowest BCUT2D eigenvalue weighted by molar-refractivity contribution is 0.0403. The molecular weight excluding hydrogens is 316 g/mol. The van der Waals surface area contributed by atoms with Gasteiger partial charge in [-0.3, -0.25) is 4.90 Å². The van der Waals surface area contributed by atoms with E-state index in [2.05, 4.69) is 40.0 Å². The lowest BCUT2D eigenvalue weighted by atomic mass is 9.88. The van der Waals surface area contributed by atoms with Gasteiger partial charge in [-0.15, -0.1) is 0 Å². The highest BCUT2D eigenvalue weighted by atomic mass is 79.9. The molecule has 0 bridgehead atoms. The third-order valence-corrected chi connectivity index (χ3v) is 4.92. The normalized spacial score (nSPS) is 18.9. The van der Waals surface area contributed by atoms with Crippen molar-refractivity contribution in [3.05, 3.63) is 28.7 Å². The van der Waals surface area contributed by atoms with E-state index < -0.39 is 0 Å². The number of hydrogen-bond acceptors (Lipinski definition) is 3. The van der Waals surface area contributed by atoms with Gasteiger partial charge in [0.2, 0.25) is 0 Å². The predicted octanol–water partition coefficient (Wildman–Crippen LogP) is 3.29. The molecule has 2 rings (SSSR count). The van der Waals surface area contributed by atoms with Gasteiger partial charge in [0.05, 0.1) is 0 Å². The minimum absolute atomic E-state index is 0.304. The van der Waals surface area contributed by atoms with Crippen LogP contribution >= 0.6 is 15.9 Å². The Bertz CT molecular complexity index is 421. The van der Waals surface area contributed by atoms with E-state index in [0.29, 0.717) is 5.54 Å². The van der Waals surface area contributed by atoms with Crippen LogP contribution in [0.4, 0.5) is 0 Å². The number of piperazine rings is 1. The van der Waals surface area contributed by atoms with Crippen molar-refractivity contribution in [2.45, 2.75) is 32.2 Å². The second-order valence-corrected chi connectivity index (χ2v) is 6.32. The van der Waals surface area contributed by atoms with Crippen LogP contribution in [0, 0.1) is 0 Å². The van der Waals surface area contributed by atoms with E-state index in [0.717, 1.165) is 43.0 Å². The van der Waals surface area contributed by atoms with Gasteiger partial charge in [0.25, 0.3) is 0 Å². The van der Waals surface area contributed by atoms with Crippen molar-refractivity contribution in [2.75, 3.05) is 32.8 Å². The van der Waals surface area contributed by atoms with E-state index in [1.165, 1.54) is 12.8 Å². The molecule has 0 radical (unpaired) electrons. The van der Waals surface area contributed by atoms with Crippen LogP contribution < -0.4 is 10.1 Å². The van der Waals surface area contributed by atoms with Crippen LogP contribution in [0.3, 0.4) is 0 Å². The standard InChI is InChI=1S/C16H25BrN2O/c1-3-16(4-2)13-18-8-9-19(16)10-11-20-15-7-5-6-14(17)12-15/h5-7,12,18H,3-4,8-11,13H2,1-2H3. The molecule has 1 aliphatic heterocycles. The predicted molar refractivity (Wildman–Crippen MR) is 87.4 cm³/mol. The van der Waals surface area contributed by atoms with E-state index in [9.17, 15) is 0 Å². The Labute approximate surface area is 130 Å². The maximum Gasteiger partial charge on any atom is 0.120 e. The van der Waals surface area contributed by atoms with Crippen molar-refractivity contribution >= 4 is 15.9 Å². The van der Waals surface area contributed by atoms with E-state index in [4.69, 9.17) is 4.74 Å². The molecule has 1 N–H and O–H groups in total. The molecule has 1 aromatic carbocycles. The van der Waals surface area contributed by atoms with Gasteiger partial charge in [-0.1, -0.05) is 35.8 Å². The first-order valence-electron chi connectivity index (χ1n) is 7.54. The summed E-state index contributed by atoms with van der Waals surface area (Å²) in [6.07, 6.45) is 2.38. The van der Waals surface area contributed by atoms with Crippen LogP contribution in [0.25, 0.3) is 0 Å². The van der Waals surface area contributed by atoms with Gasteiger partial charge in [0, 0.05) is 36.2 Å². The number of benzene rings is 1. The molecule has 0 aliphatic carbocycles. The molecule has 1 heterocycles. The highest BCUT2D eigenvalue weighted by Crippen LogP contribution is 2.25. The second kappa shape index (κ2) is 7.43. The number of nitrogens with one attached hydrogen (secondary N) is 1. The quantitative estimate of drug-likeness (QED) is 0.859. The molecule has 0 unspecified atom stereocenters. The number of halogens is 1. The first-order valence-corrected chi connectivity index (χ1v) is 8.33. The fourth-order valence-corrected chi connectivity index (χ4v) is 3.39. The van der Waals surface area contributed by atoms with Gasteiger partial charge in [0.15, 0.2) is 0 Å². The fourth-order valence-electron chi connectivity index (χ4n) is 3.01. The van der Waals surface area contributed by atoms with Gasteiger partial charge in [-0.05, 0) is 31.0 Å². The molecule has 1 aliphatic rings. The van der Waals surface area contributed by atoms with Gasteiger partial charge in [-0.2, -0.15) is 0 Å². The van der Waals surface area contributed by atoms with Crippen molar-refractivity contribution in [3.63, 3.8) is 0 Å². The van der Waals surface area contributed by atoms with Crippen LogP contribution in [0.1, 0.15) is 26.7 Å². The van der Waals surface area contributed by atoms with Crippen molar-refractivity contribution in [1.82, 2.24) is 10.2 Å². The Morgan fingerprint density at radius 1 is 1.35 bits per heavy atom. The smallest absolute Gasteiger partial charge is 0.120 e. The Morgan fingerprint density at radius 3 is 2.85 bits per heavy atom. The van der Waals surface area contributed by atoms with E-state index >= 15 is 0 Å². The van der Waals surface area contributed by atoms with Crippen LogP contribution in [0.5, 0.6) is 5.75 Å². The van der Waals surface area contributed by atoms with Gasteiger partial charge >= 0.3 is 0 Å². The summed E-state index contributed by atoms with van der Waals surface area (Å²) in [6, 6.07) is 8.05. The monoisotopic (exact) mass is 340 g/mol. The second-order valence-electron chi connectivity index (χ2n) is 5.40. The molecular formula is C16H25BrN2O. The maximum absolute atomic E-state index is 5.88. The summed E-state index contributed by atoms with van der Waals surface area (Å²) in [5.74, 6) is 0.938. The minimum Gasteiger partial charge on any atom is -0.492 e. The molecule has 0 saturated carbocycles. The Morgan fingerprint density at radius 2 is 2.15 bits per heavy atom. The first-order chi connectivity index (χ1) is 9.70. The molecule has 0 amide bonds. The molecule has 112 valence electrons. The molecule has 4 heteroatoms. The SMILES string of the molecule is CCC1(CC)CNCCN1CCOc1cccc(Br)c1. The number of hydrogen-bond donors (Lipinski definition) is 1. The summed E-state index contributed by atoms with van der Waals surface area (Å²) in [6.45, 7) is 9.62. The average Bonchev–Trinajstić information content (AvgIpc) is 2.48. The molecule has 1 saturated heterocycles. The molecule has 0 spiro atoms. The minimum atomic E-state index is 0.304. The molecule has 1 fully saturated rings. The average molecular weight is 341 g/mol. The number of nitrogens with zero attached hydrogens (tertiary/aromatic N) is 1. The zero-order valence-corrected chi connectivity index (χ0v) is 14.1. The summed E-state index contributed by atoms with van der Waals surface area (Å²) in [5, 5.41) is 3.53. The van der Waals surface area contributed by atoms with Crippen molar-refractivity contribution in [1.29, 1.82) is 0 Å². The van der Waals surface area contributed by atoms with Gasteiger partial charge in [-0.25, -0.2) is 0 Å². The Balaban J connectivity index is 1.88. The molecule has 1 aromatic rings. The largest absolute Gasteiger partial charge is 0.492 e. The third-order valence-electron chi connectivity index (χ3n) is 4.43. The third kappa shape index (κ3) is 3.74. The summed E-state index contributed by atoms with van der Waals surface area (Å²) in [5.41, 5.74) is 0.304. The van der Waals surface area contributed by atoms with Gasteiger partial charge in [0.1, 0.15) is 12.4 Å². The van der Waals surface area contributed by atoms with Crippen molar-refractivity contribution in [3.8, 4) is 5.75 Å². The Hall–Kier alpha value is -0.580. The highest BCUT2D eigenvalue weighted by Gasteiger charge is 2.35. The summed E-state index contributed by atoms with van der Waals surface area (Å²) in [4.78, 5) is 2.60. The summed E-state index contributed by atoms with van der Waals surface area (Å²) in [7, 11) is 0. The lowest BCUT2D eigenvalue weighted by Gasteiger charge is -2.47. The lowest BCUT2D eigenvalue weighted by Crippen LogP contribution is -2.61. The zero-order chi connectivity index (χ0) is 14.4. The fraction of sp³-hybridized carbons (Fsp3) is 0.625. The van der Waals surface area contributed by atoms with E-state index in [1.807, 2.05) is 24.3 Å². The Kier molecular flexibility index (Phi) is 5.87. The topological polar surface area (TPSA) is 24.5 Å². The molecule has 20 heavy (non-hydrogen) atoms. The van der Waals surface area contributed by atoms with Crippen molar-refractivity contribution < 1.29 is 4.74 Å². The zero-order valence-electron chi connectivity index (χ0n) is 12.5. The molecule has 3 nitrogen and oxygen atoms in total. The number of ether oxygens (including phenoxy) is 1. The maximum atomic E-state index is 5.88. The van der Waals surface area contributed by atoms with Crippen LogP contribution in [-0.4, -0.2) is 43.2 Å². The first kappa shape index (κ1) is 15.8. The van der Waals surface area contributed by atoms with E-state index in [-0.39, 0.29) is 0 Å². The van der Waals surface area contributed by atoms with Crippen LogP contribution in [0.15, 0.2) is 28.7 Å². The summed E-state index contributed by atoms with van der Waals surface area (Å²) >= 11 is 3.47.